The number of nitrogens with zero attached hydrogens (tertiary/aromatic N) is 3. The highest BCUT2D eigenvalue weighted by atomic mass is 32.1. The first-order chi connectivity index (χ1) is 12.2. The Morgan fingerprint density at radius 2 is 2.12 bits per heavy atom. The van der Waals surface area contributed by atoms with Crippen LogP contribution in [0.3, 0.4) is 0 Å². The van der Waals surface area contributed by atoms with Crippen molar-refractivity contribution in [2.45, 2.75) is 45.4 Å². The van der Waals surface area contributed by atoms with E-state index in [0.29, 0.717) is 12.1 Å². The van der Waals surface area contributed by atoms with E-state index in [9.17, 15) is 4.79 Å². The van der Waals surface area contributed by atoms with Crippen LogP contribution in [-0.2, 0) is 6.42 Å². The van der Waals surface area contributed by atoms with Crippen LogP contribution in [0, 0.1) is 6.92 Å². The predicted molar refractivity (Wildman–Crippen MR) is 102 cm³/mol. The van der Waals surface area contributed by atoms with Crippen LogP contribution in [0.1, 0.15) is 53.2 Å². The lowest BCUT2D eigenvalue weighted by molar-refractivity contribution is 0.0953. The van der Waals surface area contributed by atoms with Gasteiger partial charge in [-0.1, -0.05) is 0 Å². The van der Waals surface area contributed by atoms with Gasteiger partial charge in [-0.05, 0) is 57.6 Å². The predicted octanol–water partition coefficient (Wildman–Crippen LogP) is 3.59. The highest BCUT2D eigenvalue weighted by Crippen LogP contribution is 2.21. The van der Waals surface area contributed by atoms with Crippen LogP contribution in [-0.4, -0.2) is 35.5 Å². The van der Waals surface area contributed by atoms with Crippen molar-refractivity contribution in [3.63, 3.8) is 0 Å². The molecular weight excluding hydrogens is 332 g/mol. The number of aromatic nitrogens is 2. The molecule has 1 aliphatic rings. The van der Waals surface area contributed by atoms with Gasteiger partial charge in [0.25, 0.3) is 5.91 Å². The summed E-state index contributed by atoms with van der Waals surface area (Å²) in [4.78, 5) is 23.7. The summed E-state index contributed by atoms with van der Waals surface area (Å²) in [5, 5.41) is 6.32. The molecule has 0 unspecified atom stereocenters. The zero-order chi connectivity index (χ0) is 17.5. The third-order valence-electron chi connectivity index (χ3n) is 4.46. The van der Waals surface area contributed by atoms with Crippen LogP contribution in [0.5, 0.6) is 0 Å². The monoisotopic (exact) mass is 358 g/mol. The molecule has 1 fully saturated rings. The van der Waals surface area contributed by atoms with Crippen LogP contribution in [0.2, 0.25) is 0 Å². The first-order valence-corrected chi connectivity index (χ1v) is 10.0. The second-order valence-corrected chi connectivity index (χ2v) is 7.46. The number of unbranched alkanes of at least 4 members (excludes halogenated alkanes) is 1. The van der Waals surface area contributed by atoms with Crippen molar-refractivity contribution in [3.8, 4) is 0 Å². The highest BCUT2D eigenvalue weighted by Gasteiger charge is 2.19. The van der Waals surface area contributed by atoms with Crippen molar-refractivity contribution in [1.29, 1.82) is 0 Å². The van der Waals surface area contributed by atoms with E-state index in [2.05, 4.69) is 25.6 Å². The Bertz CT molecular complexity index is 694. The average molecular weight is 359 g/mol. The van der Waals surface area contributed by atoms with Gasteiger partial charge >= 0.3 is 0 Å². The normalized spacial score (nSPS) is 14.5. The average Bonchev–Trinajstić information content (AvgIpc) is 3.07. The van der Waals surface area contributed by atoms with Gasteiger partial charge in [-0.2, -0.15) is 0 Å². The Morgan fingerprint density at radius 1 is 1.28 bits per heavy atom. The number of anilines is 1. The van der Waals surface area contributed by atoms with E-state index in [1.54, 1.807) is 17.5 Å². The van der Waals surface area contributed by atoms with E-state index in [1.807, 2.05) is 19.1 Å². The fraction of sp³-hybridized carbons (Fsp3) is 0.526. The zero-order valence-electron chi connectivity index (χ0n) is 14.8. The maximum Gasteiger partial charge on any atom is 0.255 e. The van der Waals surface area contributed by atoms with E-state index in [-0.39, 0.29) is 5.91 Å². The molecule has 1 saturated heterocycles. The van der Waals surface area contributed by atoms with Gasteiger partial charge in [-0.25, -0.2) is 9.97 Å². The molecular formula is C19H26N4OS. The van der Waals surface area contributed by atoms with Gasteiger partial charge in [-0.3, -0.25) is 4.79 Å². The summed E-state index contributed by atoms with van der Waals surface area (Å²) in [5.41, 5.74) is 1.79. The van der Waals surface area contributed by atoms with E-state index in [1.165, 1.54) is 24.3 Å². The zero-order valence-corrected chi connectivity index (χ0v) is 15.6. The topological polar surface area (TPSA) is 58.1 Å². The number of hydrogen-bond acceptors (Lipinski definition) is 5. The van der Waals surface area contributed by atoms with E-state index in [4.69, 9.17) is 0 Å². The Morgan fingerprint density at radius 3 is 2.88 bits per heavy atom. The fourth-order valence-corrected chi connectivity index (χ4v) is 3.97. The van der Waals surface area contributed by atoms with Gasteiger partial charge in [0, 0.05) is 36.9 Å². The van der Waals surface area contributed by atoms with Crippen molar-refractivity contribution in [2.75, 3.05) is 24.5 Å². The highest BCUT2D eigenvalue weighted by molar-refractivity contribution is 7.09. The maximum absolute atomic E-state index is 12.6. The lowest BCUT2D eigenvalue weighted by atomic mass is 10.1. The molecule has 0 atom stereocenters. The van der Waals surface area contributed by atoms with Gasteiger partial charge < -0.3 is 10.2 Å². The lowest BCUT2D eigenvalue weighted by Crippen LogP contribution is -2.33. The number of hydrogen-bond donors (Lipinski definition) is 1. The summed E-state index contributed by atoms with van der Waals surface area (Å²) >= 11 is 1.72. The van der Waals surface area contributed by atoms with E-state index >= 15 is 0 Å². The van der Waals surface area contributed by atoms with Gasteiger partial charge in [0.2, 0.25) is 0 Å². The number of amides is 1. The fourth-order valence-electron chi connectivity index (χ4n) is 3.15. The molecule has 0 aliphatic carbocycles. The van der Waals surface area contributed by atoms with E-state index in [0.717, 1.165) is 43.9 Å². The van der Waals surface area contributed by atoms with E-state index < -0.39 is 0 Å². The van der Waals surface area contributed by atoms with Crippen LogP contribution in [0.25, 0.3) is 0 Å². The summed E-state index contributed by atoms with van der Waals surface area (Å²) in [7, 11) is 0. The molecule has 1 amide bonds. The third-order valence-corrected chi connectivity index (χ3v) is 5.48. The summed E-state index contributed by atoms with van der Waals surface area (Å²) in [5.74, 6) is 0.816. The molecule has 1 N–H and O–H groups in total. The second kappa shape index (κ2) is 8.94. The number of rotatable bonds is 7. The molecule has 0 aromatic carbocycles. The first-order valence-electron chi connectivity index (χ1n) is 9.13. The Balaban J connectivity index is 1.48. The molecule has 1 aliphatic heterocycles. The molecule has 2 aromatic rings. The number of carbonyl (C=O) groups is 1. The second-order valence-electron chi connectivity index (χ2n) is 6.52. The maximum atomic E-state index is 12.6. The van der Waals surface area contributed by atoms with Crippen molar-refractivity contribution < 1.29 is 4.79 Å². The van der Waals surface area contributed by atoms with Crippen molar-refractivity contribution in [1.82, 2.24) is 15.3 Å². The number of nitrogens with one attached hydrogen (secondary N) is 1. The SMILES string of the molecule is Cc1csc(CCCCNC(=O)c2cccnc2N2CCCCC2)n1. The smallest absolute Gasteiger partial charge is 0.255 e. The molecule has 0 radical (unpaired) electrons. The molecule has 25 heavy (non-hydrogen) atoms. The largest absolute Gasteiger partial charge is 0.356 e. The number of thiazole rings is 1. The molecule has 5 nitrogen and oxygen atoms in total. The first kappa shape index (κ1) is 17.9. The summed E-state index contributed by atoms with van der Waals surface area (Å²) in [6.45, 7) is 4.70. The Kier molecular flexibility index (Phi) is 6.39. The minimum absolute atomic E-state index is 0.0150. The Hall–Kier alpha value is -1.95. The number of aryl methyl sites for hydroxylation is 2. The van der Waals surface area contributed by atoms with Gasteiger partial charge in [0.05, 0.1) is 10.6 Å². The number of carbonyl (C=O) groups excluding carboxylic acids is 1. The summed E-state index contributed by atoms with van der Waals surface area (Å²) < 4.78 is 0. The number of piperidine rings is 1. The number of pyridine rings is 1. The minimum atomic E-state index is -0.0150. The van der Waals surface area contributed by atoms with Crippen molar-refractivity contribution in [3.05, 3.63) is 40.0 Å². The molecule has 134 valence electrons. The van der Waals surface area contributed by atoms with Crippen LogP contribution < -0.4 is 10.2 Å². The van der Waals surface area contributed by atoms with Crippen LogP contribution >= 0.6 is 11.3 Å². The molecule has 0 spiro atoms. The standard InChI is InChI=1S/C19H26N4OS/c1-15-14-25-17(22-15)9-3-4-10-21-19(24)16-8-7-11-20-18(16)23-12-5-2-6-13-23/h7-8,11,14H,2-6,9-10,12-13H2,1H3,(H,21,24). The van der Waals surface area contributed by atoms with Gasteiger partial charge in [0.15, 0.2) is 0 Å². The molecule has 3 heterocycles. The molecule has 0 saturated carbocycles. The summed E-state index contributed by atoms with van der Waals surface area (Å²) in [6, 6.07) is 3.72. The lowest BCUT2D eigenvalue weighted by Gasteiger charge is -2.29. The quantitative estimate of drug-likeness (QED) is 0.769. The minimum Gasteiger partial charge on any atom is -0.356 e. The molecule has 2 aromatic heterocycles. The van der Waals surface area contributed by atoms with Gasteiger partial charge in [0.1, 0.15) is 5.82 Å². The third kappa shape index (κ3) is 5.01. The van der Waals surface area contributed by atoms with Gasteiger partial charge in [-0.15, -0.1) is 11.3 Å². The molecule has 6 heteroatoms. The summed E-state index contributed by atoms with van der Waals surface area (Å²) in [6.07, 6.45) is 8.38. The van der Waals surface area contributed by atoms with Crippen LogP contribution in [0.15, 0.2) is 23.7 Å². The molecule has 3 rings (SSSR count). The van der Waals surface area contributed by atoms with Crippen molar-refractivity contribution >= 4 is 23.1 Å². The Labute approximate surface area is 153 Å². The van der Waals surface area contributed by atoms with Crippen LogP contribution in [0.4, 0.5) is 5.82 Å². The molecule has 0 bridgehead atoms. The van der Waals surface area contributed by atoms with Crippen molar-refractivity contribution in [2.24, 2.45) is 0 Å².